The van der Waals surface area contributed by atoms with Gasteiger partial charge >= 0.3 is 0 Å². The van der Waals surface area contributed by atoms with Crippen LogP contribution < -0.4 is 10.6 Å². The number of aromatic nitrogens is 2. The molecule has 1 rings (SSSR count). The molecule has 0 aliphatic carbocycles. The molecule has 0 aliphatic heterocycles. The fourth-order valence-electron chi connectivity index (χ4n) is 1.98. The van der Waals surface area contributed by atoms with E-state index >= 15 is 0 Å². The lowest BCUT2D eigenvalue weighted by Crippen LogP contribution is -2.32. The van der Waals surface area contributed by atoms with E-state index in [-0.39, 0.29) is 0 Å². The van der Waals surface area contributed by atoms with Gasteiger partial charge in [-0.3, -0.25) is 0 Å². The summed E-state index contributed by atoms with van der Waals surface area (Å²) < 4.78 is 0. The molecule has 0 amide bonds. The van der Waals surface area contributed by atoms with Crippen LogP contribution in [0.25, 0.3) is 0 Å². The maximum Gasteiger partial charge on any atom is 0.133 e. The minimum absolute atomic E-state index is 0.324. The van der Waals surface area contributed by atoms with Gasteiger partial charge in [0.2, 0.25) is 0 Å². The lowest BCUT2D eigenvalue weighted by atomic mass is 10.2. The van der Waals surface area contributed by atoms with Crippen LogP contribution >= 0.6 is 12.2 Å². The van der Waals surface area contributed by atoms with Crippen LogP contribution in [0.4, 0.5) is 5.82 Å². The number of aryl methyl sites for hydroxylation is 1. The highest BCUT2D eigenvalue weighted by Gasteiger charge is 2.14. The lowest BCUT2D eigenvalue weighted by Gasteiger charge is -2.26. The Balaban J connectivity index is 3.02. The van der Waals surface area contributed by atoms with Crippen molar-refractivity contribution in [1.29, 1.82) is 0 Å². The third-order valence-electron chi connectivity index (χ3n) is 2.91. The van der Waals surface area contributed by atoms with Crippen molar-refractivity contribution < 1.29 is 0 Å². The molecule has 0 unspecified atom stereocenters. The molecule has 112 valence electrons. The second kappa shape index (κ2) is 7.53. The van der Waals surface area contributed by atoms with Crippen molar-refractivity contribution in [2.75, 3.05) is 18.0 Å². The first-order chi connectivity index (χ1) is 9.29. The number of hydrogen-bond donors (Lipinski definition) is 1. The van der Waals surface area contributed by atoms with E-state index in [1.165, 1.54) is 0 Å². The first-order valence-electron chi connectivity index (χ1n) is 7.18. The van der Waals surface area contributed by atoms with Crippen molar-refractivity contribution in [3.63, 3.8) is 0 Å². The smallest absolute Gasteiger partial charge is 0.133 e. The maximum atomic E-state index is 5.63. The summed E-state index contributed by atoms with van der Waals surface area (Å²) in [6.07, 6.45) is 0.710. The third-order valence-corrected chi connectivity index (χ3v) is 3.12. The van der Waals surface area contributed by atoms with Crippen molar-refractivity contribution in [2.24, 2.45) is 11.7 Å². The molecule has 0 spiro atoms. The Morgan fingerprint density at radius 2 is 1.95 bits per heavy atom. The van der Waals surface area contributed by atoms with Crippen LogP contribution in [0.3, 0.4) is 0 Å². The van der Waals surface area contributed by atoms with E-state index < -0.39 is 0 Å². The normalized spacial score (nSPS) is 11.2. The fourth-order valence-corrected chi connectivity index (χ4v) is 2.07. The Bertz CT molecular complexity index is 457. The van der Waals surface area contributed by atoms with Gasteiger partial charge in [-0.1, -0.05) is 39.9 Å². The Labute approximate surface area is 127 Å². The summed E-state index contributed by atoms with van der Waals surface area (Å²) in [7, 11) is 0. The Morgan fingerprint density at radius 1 is 1.30 bits per heavy atom. The molecule has 0 radical (unpaired) electrons. The average Bonchev–Trinajstić information content (AvgIpc) is 2.32. The second-order valence-corrected chi connectivity index (χ2v) is 6.46. The van der Waals surface area contributed by atoms with Crippen LogP contribution in [-0.4, -0.2) is 28.0 Å². The van der Waals surface area contributed by atoms with Gasteiger partial charge in [-0.2, -0.15) is 0 Å². The molecule has 0 bridgehead atoms. The molecular formula is C15H26N4S. The van der Waals surface area contributed by atoms with E-state index in [4.69, 9.17) is 22.9 Å². The number of nitrogens with two attached hydrogens (primary N) is 1. The molecule has 0 saturated heterocycles. The summed E-state index contributed by atoms with van der Waals surface area (Å²) in [5.74, 6) is 2.75. The van der Waals surface area contributed by atoms with E-state index in [1.807, 2.05) is 13.0 Å². The summed E-state index contributed by atoms with van der Waals surface area (Å²) in [6, 6.07) is 2.04. The van der Waals surface area contributed by atoms with Gasteiger partial charge in [0.15, 0.2) is 0 Å². The summed E-state index contributed by atoms with van der Waals surface area (Å²) in [5, 5.41) is 0. The molecular weight excluding hydrogens is 268 g/mol. The van der Waals surface area contributed by atoms with Gasteiger partial charge in [-0.15, -0.1) is 0 Å². The summed E-state index contributed by atoms with van der Waals surface area (Å²) >= 11 is 4.99. The van der Waals surface area contributed by atoms with Gasteiger partial charge in [0.1, 0.15) is 11.6 Å². The molecule has 0 aliphatic rings. The van der Waals surface area contributed by atoms with E-state index in [2.05, 4.69) is 37.6 Å². The Kier molecular flexibility index (Phi) is 6.33. The molecule has 1 heterocycles. The molecule has 0 aromatic carbocycles. The Morgan fingerprint density at radius 3 is 2.45 bits per heavy atom. The molecule has 0 saturated carbocycles. The highest BCUT2D eigenvalue weighted by molar-refractivity contribution is 7.80. The molecule has 5 heteroatoms. The largest absolute Gasteiger partial charge is 0.393 e. The van der Waals surface area contributed by atoms with Gasteiger partial charge < -0.3 is 10.6 Å². The van der Waals surface area contributed by atoms with Gasteiger partial charge in [-0.25, -0.2) is 9.97 Å². The van der Waals surface area contributed by atoms with E-state index in [0.29, 0.717) is 23.2 Å². The van der Waals surface area contributed by atoms with Crippen LogP contribution in [-0.2, 0) is 0 Å². The standard InChI is InChI=1S/C15H26N4S/c1-10(2)9-19(7-6-13(16)20)14-8-12(5)17-15(18-14)11(3)4/h8,10-11H,6-7,9H2,1-5H3,(H2,16,20). The number of nitrogens with zero attached hydrogens (tertiary/aromatic N) is 3. The third kappa shape index (κ3) is 5.41. The molecule has 1 aromatic heterocycles. The van der Waals surface area contributed by atoms with Crippen LogP contribution in [0.5, 0.6) is 0 Å². The zero-order valence-electron chi connectivity index (χ0n) is 13.2. The molecule has 4 nitrogen and oxygen atoms in total. The van der Waals surface area contributed by atoms with E-state index in [1.54, 1.807) is 0 Å². The van der Waals surface area contributed by atoms with Crippen molar-refractivity contribution in [3.8, 4) is 0 Å². The van der Waals surface area contributed by atoms with Crippen molar-refractivity contribution >= 4 is 23.0 Å². The average molecular weight is 294 g/mol. The molecule has 2 N–H and O–H groups in total. The second-order valence-electron chi connectivity index (χ2n) is 5.94. The first kappa shape index (κ1) is 16.8. The van der Waals surface area contributed by atoms with Crippen LogP contribution in [0, 0.1) is 12.8 Å². The van der Waals surface area contributed by atoms with Crippen LogP contribution in [0.2, 0.25) is 0 Å². The SMILES string of the molecule is Cc1cc(N(CCC(N)=S)CC(C)C)nc(C(C)C)n1. The fraction of sp³-hybridized carbons (Fsp3) is 0.667. The predicted octanol–water partition coefficient (Wildman–Crippen LogP) is 3.05. The minimum atomic E-state index is 0.324. The molecule has 1 aromatic rings. The summed E-state index contributed by atoms with van der Waals surface area (Å²) in [4.78, 5) is 12.0. The van der Waals surface area contributed by atoms with Crippen molar-refractivity contribution in [2.45, 2.75) is 47.0 Å². The zero-order valence-corrected chi connectivity index (χ0v) is 14.0. The molecule has 0 fully saturated rings. The highest BCUT2D eigenvalue weighted by Crippen LogP contribution is 2.18. The zero-order chi connectivity index (χ0) is 15.3. The number of hydrogen-bond acceptors (Lipinski definition) is 4. The topological polar surface area (TPSA) is 55.0 Å². The van der Waals surface area contributed by atoms with Gasteiger partial charge in [0, 0.05) is 37.2 Å². The van der Waals surface area contributed by atoms with Crippen molar-refractivity contribution in [1.82, 2.24) is 9.97 Å². The van der Waals surface area contributed by atoms with Gasteiger partial charge in [0.05, 0.1) is 4.99 Å². The van der Waals surface area contributed by atoms with E-state index in [9.17, 15) is 0 Å². The monoisotopic (exact) mass is 294 g/mol. The highest BCUT2D eigenvalue weighted by atomic mass is 32.1. The van der Waals surface area contributed by atoms with E-state index in [0.717, 1.165) is 30.4 Å². The number of rotatable bonds is 7. The first-order valence-corrected chi connectivity index (χ1v) is 7.59. The molecule has 0 atom stereocenters. The number of thiocarbonyl (C=S) groups is 1. The quantitative estimate of drug-likeness (QED) is 0.783. The van der Waals surface area contributed by atoms with Crippen molar-refractivity contribution in [3.05, 3.63) is 17.6 Å². The summed E-state index contributed by atoms with van der Waals surface area (Å²) in [6.45, 7) is 12.4. The van der Waals surface area contributed by atoms with Crippen LogP contribution in [0.15, 0.2) is 6.07 Å². The molecule has 20 heavy (non-hydrogen) atoms. The minimum Gasteiger partial charge on any atom is -0.393 e. The summed E-state index contributed by atoms with van der Waals surface area (Å²) in [5.41, 5.74) is 6.63. The van der Waals surface area contributed by atoms with Gasteiger partial charge in [0.25, 0.3) is 0 Å². The maximum absolute atomic E-state index is 5.63. The number of anilines is 1. The lowest BCUT2D eigenvalue weighted by molar-refractivity contribution is 0.606. The van der Waals surface area contributed by atoms with Gasteiger partial charge in [-0.05, 0) is 12.8 Å². The van der Waals surface area contributed by atoms with Crippen LogP contribution in [0.1, 0.15) is 51.6 Å². The Hall–Kier alpha value is -1.23. The predicted molar refractivity (Wildman–Crippen MR) is 89.3 cm³/mol.